The fourth-order valence-corrected chi connectivity index (χ4v) is 6.25. The third-order valence-corrected chi connectivity index (χ3v) is 9.67. The first-order chi connectivity index (χ1) is 28.4. The number of phosphoric acid groups is 1. The van der Waals surface area contributed by atoms with Crippen LogP contribution >= 0.6 is 7.82 Å². The normalized spacial score (nSPS) is 14.5. The van der Waals surface area contributed by atoms with Crippen LogP contribution in [0, 0.1) is 0 Å². The first-order valence-corrected chi connectivity index (χ1v) is 23.9. The van der Waals surface area contributed by atoms with Crippen molar-refractivity contribution in [1.29, 1.82) is 0 Å². The average molecular weight is 828 g/mol. The fraction of sp³-hybridized carbons (Fsp3) is 0.612. The van der Waals surface area contributed by atoms with Gasteiger partial charge in [-0.25, -0.2) is 4.57 Å². The molecular formula is C49H82NO7P. The van der Waals surface area contributed by atoms with Crippen molar-refractivity contribution in [2.45, 2.75) is 161 Å². The number of rotatable bonds is 41. The van der Waals surface area contributed by atoms with Gasteiger partial charge in [0.15, 0.2) is 0 Å². The number of nitrogens with two attached hydrogens (primary N) is 1. The molecule has 0 aliphatic carbocycles. The van der Waals surface area contributed by atoms with Crippen molar-refractivity contribution < 1.29 is 32.8 Å². The molecule has 0 saturated carbocycles. The van der Waals surface area contributed by atoms with Crippen LogP contribution in [-0.4, -0.2) is 49.9 Å². The second kappa shape index (κ2) is 45.2. The van der Waals surface area contributed by atoms with Crippen molar-refractivity contribution in [1.82, 2.24) is 0 Å². The van der Waals surface area contributed by atoms with Crippen LogP contribution in [-0.2, 0) is 27.9 Å². The van der Waals surface area contributed by atoms with Gasteiger partial charge in [-0.1, -0.05) is 162 Å². The highest BCUT2D eigenvalue weighted by molar-refractivity contribution is 7.47. The van der Waals surface area contributed by atoms with Gasteiger partial charge >= 0.3 is 13.8 Å². The van der Waals surface area contributed by atoms with Crippen LogP contribution in [0.15, 0.2) is 109 Å². The number of allylic oxidation sites excluding steroid dienone is 18. The Morgan fingerprint density at radius 1 is 0.517 bits per heavy atom. The predicted molar refractivity (Wildman–Crippen MR) is 247 cm³/mol. The molecule has 0 bridgehead atoms. The van der Waals surface area contributed by atoms with E-state index in [1.54, 1.807) is 0 Å². The summed E-state index contributed by atoms with van der Waals surface area (Å²) in [5.41, 5.74) is 5.37. The number of unbranched alkanes of at least 4 members (excludes halogenated alkanes) is 10. The van der Waals surface area contributed by atoms with E-state index in [0.717, 1.165) is 96.3 Å². The molecule has 0 amide bonds. The molecule has 9 heteroatoms. The van der Waals surface area contributed by atoms with E-state index in [2.05, 4.69) is 123 Å². The summed E-state index contributed by atoms with van der Waals surface area (Å²) in [7, 11) is -4.30. The maximum Gasteiger partial charge on any atom is 0.472 e. The molecule has 330 valence electrons. The monoisotopic (exact) mass is 828 g/mol. The molecule has 58 heavy (non-hydrogen) atoms. The van der Waals surface area contributed by atoms with Crippen LogP contribution in [0.4, 0.5) is 0 Å². The Morgan fingerprint density at radius 3 is 1.36 bits per heavy atom. The molecule has 2 atom stereocenters. The van der Waals surface area contributed by atoms with E-state index in [0.29, 0.717) is 13.0 Å². The summed E-state index contributed by atoms with van der Waals surface area (Å²) in [4.78, 5) is 22.5. The molecule has 0 aliphatic heterocycles. The van der Waals surface area contributed by atoms with Crippen LogP contribution in [0.2, 0.25) is 0 Å². The zero-order chi connectivity index (χ0) is 42.3. The van der Waals surface area contributed by atoms with Crippen molar-refractivity contribution in [3.05, 3.63) is 109 Å². The smallest absolute Gasteiger partial charge is 0.457 e. The second-order valence-corrected chi connectivity index (χ2v) is 15.6. The lowest BCUT2D eigenvalue weighted by atomic mass is 10.1. The number of phosphoric ester groups is 1. The molecule has 0 rings (SSSR count). The van der Waals surface area contributed by atoms with Gasteiger partial charge in [-0.3, -0.25) is 13.8 Å². The Morgan fingerprint density at radius 2 is 0.914 bits per heavy atom. The summed E-state index contributed by atoms with van der Waals surface area (Å²) in [5, 5.41) is 0. The molecule has 2 unspecified atom stereocenters. The lowest BCUT2D eigenvalue weighted by Crippen LogP contribution is -2.28. The van der Waals surface area contributed by atoms with Crippen molar-refractivity contribution in [3.63, 3.8) is 0 Å². The summed E-state index contributed by atoms with van der Waals surface area (Å²) in [6.07, 6.45) is 61.2. The van der Waals surface area contributed by atoms with Gasteiger partial charge in [0.2, 0.25) is 0 Å². The Bertz CT molecular complexity index is 1250. The molecule has 0 aliphatic rings. The van der Waals surface area contributed by atoms with E-state index in [-0.39, 0.29) is 38.8 Å². The molecule has 8 nitrogen and oxygen atoms in total. The number of ether oxygens (including phenoxy) is 2. The second-order valence-electron chi connectivity index (χ2n) is 14.1. The van der Waals surface area contributed by atoms with Crippen LogP contribution < -0.4 is 5.73 Å². The minimum atomic E-state index is -4.30. The fourth-order valence-electron chi connectivity index (χ4n) is 5.48. The lowest BCUT2D eigenvalue weighted by Gasteiger charge is -2.20. The van der Waals surface area contributed by atoms with Crippen molar-refractivity contribution in [3.8, 4) is 0 Å². The van der Waals surface area contributed by atoms with E-state index in [9.17, 15) is 14.3 Å². The third kappa shape index (κ3) is 44.3. The van der Waals surface area contributed by atoms with Gasteiger partial charge in [0, 0.05) is 19.6 Å². The first-order valence-electron chi connectivity index (χ1n) is 22.4. The van der Waals surface area contributed by atoms with Gasteiger partial charge in [0.25, 0.3) is 0 Å². The third-order valence-electron chi connectivity index (χ3n) is 8.69. The van der Waals surface area contributed by atoms with Gasteiger partial charge in [0.1, 0.15) is 6.10 Å². The highest BCUT2D eigenvalue weighted by Gasteiger charge is 2.25. The number of hydrogen-bond acceptors (Lipinski definition) is 7. The lowest BCUT2D eigenvalue weighted by molar-refractivity contribution is -0.154. The molecule has 0 radical (unpaired) electrons. The highest BCUT2D eigenvalue weighted by Crippen LogP contribution is 2.43. The average Bonchev–Trinajstić information content (AvgIpc) is 3.21. The molecule has 0 aromatic carbocycles. The van der Waals surface area contributed by atoms with E-state index in [1.165, 1.54) is 32.1 Å². The maximum atomic E-state index is 12.6. The Labute approximate surface area is 354 Å². The van der Waals surface area contributed by atoms with Crippen molar-refractivity contribution in [2.75, 3.05) is 33.0 Å². The Balaban J connectivity index is 4.09. The summed E-state index contributed by atoms with van der Waals surface area (Å²) < 4.78 is 33.4. The minimum absolute atomic E-state index is 0.0855. The quantitative estimate of drug-likeness (QED) is 0.0271. The topological polar surface area (TPSA) is 117 Å². The zero-order valence-corrected chi connectivity index (χ0v) is 37.4. The molecule has 0 heterocycles. The largest absolute Gasteiger partial charge is 0.472 e. The Hall–Kier alpha value is -2.84. The molecular weight excluding hydrogens is 746 g/mol. The standard InChI is InChI=1S/C49H82NO7P/c1-3-5-7-9-11-13-15-17-19-20-21-22-23-24-25-26-27-29-31-33-35-37-39-41-44-54-46-48(47-56-58(52,53)55-45-43-50)57-49(51)42-40-38-36-34-32-30-28-18-16-14-12-10-8-6-4-2/h5-8,11-14,17-19,21-22,24-25,28,32,34,48H,3-4,9-10,15-16,20,23,26-27,29-31,33,35-47,50H2,1-2H3,(H,52,53)/b7-5-,8-6-,13-11-,14-12-,19-17-,22-21-,25-24-,28-18-,34-32-. The molecule has 0 fully saturated rings. The highest BCUT2D eigenvalue weighted by atomic mass is 31.2. The van der Waals surface area contributed by atoms with Crippen molar-refractivity contribution in [2.24, 2.45) is 5.73 Å². The molecule has 0 aromatic rings. The molecule has 0 aromatic heterocycles. The van der Waals surface area contributed by atoms with Crippen LogP contribution in [0.5, 0.6) is 0 Å². The van der Waals surface area contributed by atoms with Gasteiger partial charge in [-0.05, 0) is 96.3 Å². The van der Waals surface area contributed by atoms with Gasteiger partial charge < -0.3 is 20.1 Å². The summed E-state index contributed by atoms with van der Waals surface area (Å²) in [6, 6.07) is 0. The molecule has 3 N–H and O–H groups in total. The van der Waals surface area contributed by atoms with Crippen LogP contribution in [0.1, 0.15) is 155 Å². The first kappa shape index (κ1) is 55.2. The van der Waals surface area contributed by atoms with E-state index >= 15 is 0 Å². The van der Waals surface area contributed by atoms with E-state index in [1.807, 2.05) is 0 Å². The molecule has 0 spiro atoms. The van der Waals surface area contributed by atoms with Crippen LogP contribution in [0.25, 0.3) is 0 Å². The summed E-state index contributed by atoms with van der Waals surface area (Å²) in [5.74, 6) is -0.379. The predicted octanol–water partition coefficient (Wildman–Crippen LogP) is 13.6. The van der Waals surface area contributed by atoms with Gasteiger partial charge in [0.05, 0.1) is 19.8 Å². The van der Waals surface area contributed by atoms with Crippen molar-refractivity contribution >= 4 is 13.8 Å². The minimum Gasteiger partial charge on any atom is -0.457 e. The van der Waals surface area contributed by atoms with Crippen LogP contribution in [0.3, 0.4) is 0 Å². The number of hydrogen-bond donors (Lipinski definition) is 2. The summed E-state index contributed by atoms with van der Waals surface area (Å²) in [6.45, 7) is 4.58. The Kier molecular flexibility index (Phi) is 43.0. The zero-order valence-electron chi connectivity index (χ0n) is 36.5. The van der Waals surface area contributed by atoms with E-state index < -0.39 is 13.9 Å². The number of carbonyl (C=O) groups excluding carboxylic acids is 1. The SMILES string of the molecule is CC/C=C\C/C=C\C/C=C\C/C=C\C/C=C\CCCCCCCCCCOCC(COP(=O)(O)OCCN)OC(=O)CCCC/C=C\C/C=C\C/C=C\C/C=C\CC. The molecule has 0 saturated heterocycles. The van der Waals surface area contributed by atoms with E-state index in [4.69, 9.17) is 24.3 Å². The number of carbonyl (C=O) groups is 1. The van der Waals surface area contributed by atoms with Gasteiger partial charge in [-0.15, -0.1) is 0 Å². The number of esters is 1. The summed E-state index contributed by atoms with van der Waals surface area (Å²) >= 11 is 0. The van der Waals surface area contributed by atoms with Gasteiger partial charge in [-0.2, -0.15) is 0 Å². The maximum absolute atomic E-state index is 12.6.